The van der Waals surface area contributed by atoms with Crippen molar-refractivity contribution in [1.82, 2.24) is 16.0 Å². The predicted molar refractivity (Wildman–Crippen MR) is 104 cm³/mol. The summed E-state index contributed by atoms with van der Waals surface area (Å²) in [4.78, 5) is 16.0. The van der Waals surface area contributed by atoms with Gasteiger partial charge in [0.05, 0.1) is 13.1 Å². The minimum Gasteiger partial charge on any atom is -0.492 e. The summed E-state index contributed by atoms with van der Waals surface area (Å²) < 4.78 is 5.64. The highest BCUT2D eigenvalue weighted by Gasteiger charge is 2.03. The van der Waals surface area contributed by atoms with Gasteiger partial charge < -0.3 is 20.7 Å². The van der Waals surface area contributed by atoms with Crippen molar-refractivity contribution in [2.24, 2.45) is 4.99 Å². The van der Waals surface area contributed by atoms with Crippen LogP contribution in [0.1, 0.15) is 11.1 Å². The van der Waals surface area contributed by atoms with Crippen molar-refractivity contribution in [2.45, 2.75) is 13.5 Å². The predicted octanol–water partition coefficient (Wildman–Crippen LogP) is 1.86. The number of amides is 1. The van der Waals surface area contributed by atoms with Gasteiger partial charge in [-0.3, -0.25) is 9.79 Å². The average molecular weight is 354 g/mol. The van der Waals surface area contributed by atoms with Crippen molar-refractivity contribution in [3.63, 3.8) is 0 Å². The van der Waals surface area contributed by atoms with E-state index in [1.165, 1.54) is 5.56 Å². The van der Waals surface area contributed by atoms with Crippen LogP contribution in [0.25, 0.3) is 0 Å². The number of carbonyl (C=O) groups excluding carboxylic acids is 1. The molecule has 0 aliphatic carbocycles. The van der Waals surface area contributed by atoms with Crippen LogP contribution in [0.2, 0.25) is 0 Å². The second-order valence-electron chi connectivity index (χ2n) is 5.78. The fourth-order valence-corrected chi connectivity index (χ4v) is 2.22. The summed E-state index contributed by atoms with van der Waals surface area (Å²) in [7, 11) is 1.66. The van der Waals surface area contributed by atoms with Crippen LogP contribution in [-0.2, 0) is 11.3 Å². The highest BCUT2D eigenvalue weighted by Crippen LogP contribution is 2.10. The molecule has 6 heteroatoms. The van der Waals surface area contributed by atoms with Crippen LogP contribution in [0.15, 0.2) is 59.6 Å². The summed E-state index contributed by atoms with van der Waals surface area (Å²) >= 11 is 0. The van der Waals surface area contributed by atoms with Gasteiger partial charge in [-0.25, -0.2) is 0 Å². The molecule has 0 saturated carbocycles. The number of nitrogens with one attached hydrogen (secondary N) is 3. The van der Waals surface area contributed by atoms with E-state index in [1.54, 1.807) is 7.05 Å². The Morgan fingerprint density at radius 2 is 1.73 bits per heavy atom. The second-order valence-corrected chi connectivity index (χ2v) is 5.78. The minimum absolute atomic E-state index is 0.0901. The van der Waals surface area contributed by atoms with Crippen molar-refractivity contribution in [3.05, 3.63) is 65.7 Å². The molecule has 0 aliphatic rings. The SMILES string of the molecule is CN=C(NCCOc1ccc(C)cc1)NCC(=O)NCc1ccccc1. The van der Waals surface area contributed by atoms with Crippen LogP contribution in [0, 0.1) is 6.92 Å². The lowest BCUT2D eigenvalue weighted by atomic mass is 10.2. The molecule has 138 valence electrons. The molecule has 2 rings (SSSR count). The number of rotatable bonds is 8. The van der Waals surface area contributed by atoms with Gasteiger partial charge >= 0.3 is 0 Å². The van der Waals surface area contributed by atoms with Gasteiger partial charge in [-0.05, 0) is 24.6 Å². The lowest BCUT2D eigenvalue weighted by Crippen LogP contribution is -2.44. The van der Waals surface area contributed by atoms with Gasteiger partial charge in [0.15, 0.2) is 5.96 Å². The maximum Gasteiger partial charge on any atom is 0.239 e. The van der Waals surface area contributed by atoms with Crippen LogP contribution >= 0.6 is 0 Å². The molecule has 2 aromatic rings. The van der Waals surface area contributed by atoms with Crippen LogP contribution in [-0.4, -0.2) is 38.6 Å². The Morgan fingerprint density at radius 3 is 2.42 bits per heavy atom. The summed E-state index contributed by atoms with van der Waals surface area (Å²) in [6.45, 7) is 3.79. The average Bonchev–Trinajstić information content (AvgIpc) is 2.68. The first-order valence-corrected chi connectivity index (χ1v) is 8.62. The normalized spacial score (nSPS) is 10.9. The lowest BCUT2D eigenvalue weighted by molar-refractivity contribution is -0.120. The molecule has 3 N–H and O–H groups in total. The number of aryl methyl sites for hydroxylation is 1. The van der Waals surface area contributed by atoms with Crippen LogP contribution < -0.4 is 20.7 Å². The molecule has 0 spiro atoms. The Morgan fingerprint density at radius 1 is 1.00 bits per heavy atom. The number of benzene rings is 2. The van der Waals surface area contributed by atoms with E-state index >= 15 is 0 Å². The molecule has 0 radical (unpaired) electrons. The van der Waals surface area contributed by atoms with Crippen molar-refractivity contribution in [1.29, 1.82) is 0 Å². The number of nitrogens with zero attached hydrogens (tertiary/aromatic N) is 1. The molecule has 0 aromatic heterocycles. The third kappa shape index (κ3) is 7.25. The summed E-state index contributed by atoms with van der Waals surface area (Å²) in [5, 5.41) is 8.96. The van der Waals surface area contributed by atoms with E-state index in [2.05, 4.69) is 20.9 Å². The number of guanidine groups is 1. The fourth-order valence-electron chi connectivity index (χ4n) is 2.22. The molecule has 0 atom stereocenters. The first-order chi connectivity index (χ1) is 12.7. The first kappa shape index (κ1) is 19.3. The van der Waals surface area contributed by atoms with Crippen molar-refractivity contribution >= 4 is 11.9 Å². The molecule has 0 heterocycles. The van der Waals surface area contributed by atoms with Crippen LogP contribution in [0.3, 0.4) is 0 Å². The van der Waals surface area contributed by atoms with Crippen LogP contribution in [0.4, 0.5) is 0 Å². The van der Waals surface area contributed by atoms with Gasteiger partial charge in [0.2, 0.25) is 5.91 Å². The van der Waals surface area contributed by atoms with E-state index in [0.29, 0.717) is 25.7 Å². The maximum absolute atomic E-state index is 11.9. The van der Waals surface area contributed by atoms with Gasteiger partial charge in [0, 0.05) is 13.6 Å². The molecule has 1 amide bonds. The first-order valence-electron chi connectivity index (χ1n) is 8.62. The molecule has 0 bridgehead atoms. The molecular weight excluding hydrogens is 328 g/mol. The smallest absolute Gasteiger partial charge is 0.239 e. The van der Waals surface area contributed by atoms with E-state index in [0.717, 1.165) is 11.3 Å². The third-order valence-electron chi connectivity index (χ3n) is 3.66. The number of carbonyl (C=O) groups is 1. The molecule has 26 heavy (non-hydrogen) atoms. The quantitative estimate of drug-likeness (QED) is 0.384. The summed E-state index contributed by atoms with van der Waals surface area (Å²) in [6.07, 6.45) is 0. The highest BCUT2D eigenvalue weighted by atomic mass is 16.5. The summed E-state index contributed by atoms with van der Waals surface area (Å²) in [5.41, 5.74) is 2.27. The molecule has 0 fully saturated rings. The van der Waals surface area contributed by atoms with E-state index in [9.17, 15) is 4.79 Å². The van der Waals surface area contributed by atoms with Crippen molar-refractivity contribution in [2.75, 3.05) is 26.7 Å². The molecule has 6 nitrogen and oxygen atoms in total. The zero-order chi connectivity index (χ0) is 18.6. The van der Waals surface area contributed by atoms with E-state index in [-0.39, 0.29) is 12.5 Å². The molecule has 2 aromatic carbocycles. The number of hydrogen-bond acceptors (Lipinski definition) is 3. The van der Waals surface area contributed by atoms with E-state index in [4.69, 9.17) is 4.74 Å². The Bertz CT molecular complexity index is 700. The number of hydrogen-bond donors (Lipinski definition) is 3. The van der Waals surface area contributed by atoms with Gasteiger partial charge in [0.25, 0.3) is 0 Å². The van der Waals surface area contributed by atoms with E-state index < -0.39 is 0 Å². The van der Waals surface area contributed by atoms with Gasteiger partial charge in [-0.2, -0.15) is 0 Å². The molecular formula is C20H26N4O2. The molecule has 0 unspecified atom stereocenters. The molecule has 0 saturated heterocycles. The van der Waals surface area contributed by atoms with Gasteiger partial charge in [-0.15, -0.1) is 0 Å². The van der Waals surface area contributed by atoms with Crippen LogP contribution in [0.5, 0.6) is 5.75 Å². The Hall–Kier alpha value is -3.02. The van der Waals surface area contributed by atoms with E-state index in [1.807, 2.05) is 61.5 Å². The summed E-state index contributed by atoms with van der Waals surface area (Å²) in [6, 6.07) is 17.7. The lowest BCUT2D eigenvalue weighted by Gasteiger charge is -2.12. The largest absolute Gasteiger partial charge is 0.492 e. The Balaban J connectivity index is 1.61. The highest BCUT2D eigenvalue weighted by molar-refractivity contribution is 5.86. The summed E-state index contributed by atoms with van der Waals surface area (Å²) in [5.74, 6) is 1.31. The Kier molecular flexibility index (Phi) is 7.99. The number of aliphatic imine (C=N–C) groups is 1. The standard InChI is InChI=1S/C20H26N4O2/c1-16-8-10-18(11-9-16)26-13-12-22-20(21-2)24-15-19(25)23-14-17-6-4-3-5-7-17/h3-11H,12-15H2,1-2H3,(H,23,25)(H2,21,22,24). The van der Waals surface area contributed by atoms with Gasteiger partial charge in [0.1, 0.15) is 12.4 Å². The third-order valence-corrected chi connectivity index (χ3v) is 3.66. The second kappa shape index (κ2) is 10.8. The zero-order valence-electron chi connectivity index (χ0n) is 15.3. The topological polar surface area (TPSA) is 74.8 Å². The van der Waals surface area contributed by atoms with Crippen molar-refractivity contribution < 1.29 is 9.53 Å². The van der Waals surface area contributed by atoms with Gasteiger partial charge in [-0.1, -0.05) is 48.0 Å². The van der Waals surface area contributed by atoms with Crippen molar-refractivity contribution in [3.8, 4) is 5.75 Å². The zero-order valence-corrected chi connectivity index (χ0v) is 15.3. The molecule has 0 aliphatic heterocycles. The minimum atomic E-state index is -0.0901. The number of ether oxygens (including phenoxy) is 1. The Labute approximate surface area is 154 Å². The maximum atomic E-state index is 11.9. The fraction of sp³-hybridized carbons (Fsp3) is 0.300. The monoisotopic (exact) mass is 354 g/mol.